The third-order valence-electron chi connectivity index (χ3n) is 3.57. The Morgan fingerprint density at radius 1 is 1.08 bits per heavy atom. The number of ether oxygens (including phenoxy) is 2. The average Bonchev–Trinajstić information content (AvgIpc) is 3.05. The molecule has 1 aromatic heterocycles. The van der Waals surface area contributed by atoms with Crippen LogP contribution in [0.1, 0.15) is 24.2 Å². The van der Waals surface area contributed by atoms with Crippen molar-refractivity contribution in [2.24, 2.45) is 0 Å². The molecule has 0 aliphatic carbocycles. The maximum absolute atomic E-state index is 12.3. The predicted molar refractivity (Wildman–Crippen MR) is 101 cm³/mol. The van der Waals surface area contributed by atoms with Crippen molar-refractivity contribution in [1.82, 2.24) is 4.98 Å². The van der Waals surface area contributed by atoms with E-state index in [1.807, 2.05) is 44.2 Å². The van der Waals surface area contributed by atoms with Gasteiger partial charge in [-0.1, -0.05) is 17.4 Å². The quantitative estimate of drug-likeness (QED) is 0.607. The summed E-state index contributed by atoms with van der Waals surface area (Å²) in [4.78, 5) is 16.9. The van der Waals surface area contributed by atoms with Crippen molar-refractivity contribution in [2.75, 3.05) is 25.1 Å². The van der Waals surface area contributed by atoms with Crippen LogP contribution in [0.3, 0.4) is 0 Å². The summed E-state index contributed by atoms with van der Waals surface area (Å²) in [5, 5.41) is 3.82. The number of Topliss-reactive ketones (excluding diaryl/α,β-unsaturated/α-hetero) is 1. The lowest BCUT2D eigenvalue weighted by Crippen LogP contribution is -2.13. The van der Waals surface area contributed by atoms with Crippen LogP contribution in [0.2, 0.25) is 0 Å². The van der Waals surface area contributed by atoms with Crippen LogP contribution in [0.4, 0.5) is 5.13 Å². The molecule has 0 bridgehead atoms. The van der Waals surface area contributed by atoms with E-state index in [-0.39, 0.29) is 12.3 Å². The smallest absolute Gasteiger partial charge is 0.184 e. The summed E-state index contributed by atoms with van der Waals surface area (Å²) in [6, 6.07) is 13.0. The number of nitrogens with zero attached hydrogens (tertiary/aromatic N) is 1. The van der Waals surface area contributed by atoms with Gasteiger partial charge in [-0.15, -0.1) is 0 Å². The molecule has 0 spiro atoms. The van der Waals surface area contributed by atoms with E-state index in [1.54, 1.807) is 12.1 Å². The van der Waals surface area contributed by atoms with Crippen molar-refractivity contribution < 1.29 is 14.3 Å². The van der Waals surface area contributed by atoms with Crippen molar-refractivity contribution in [1.29, 1.82) is 0 Å². The fourth-order valence-electron chi connectivity index (χ4n) is 2.43. The fourth-order valence-corrected chi connectivity index (χ4v) is 3.31. The number of benzene rings is 2. The lowest BCUT2D eigenvalue weighted by Gasteiger charge is -2.05. The van der Waals surface area contributed by atoms with Crippen LogP contribution >= 0.6 is 11.3 Å². The lowest BCUT2D eigenvalue weighted by atomic mass is 10.1. The number of carbonyl (C=O) groups is 1. The maximum Gasteiger partial charge on any atom is 0.184 e. The molecule has 0 atom stereocenters. The SMILES string of the molecule is CCOc1ccc(C(=O)CNc2nc3c(OCC)cccc3s2)cc1. The Bertz CT molecular complexity index is 859. The Morgan fingerprint density at radius 3 is 2.56 bits per heavy atom. The topological polar surface area (TPSA) is 60.5 Å². The lowest BCUT2D eigenvalue weighted by molar-refractivity contribution is 0.101. The molecular formula is C19H20N2O3S. The molecule has 0 amide bonds. The zero-order chi connectivity index (χ0) is 17.6. The minimum atomic E-state index is 0.00679. The molecule has 25 heavy (non-hydrogen) atoms. The van der Waals surface area contributed by atoms with Gasteiger partial charge in [0.25, 0.3) is 0 Å². The minimum absolute atomic E-state index is 0.00679. The standard InChI is InChI=1S/C19H20N2O3S/c1-3-23-14-10-8-13(9-11-14)15(22)12-20-19-21-18-16(24-4-2)6-5-7-17(18)25-19/h5-11H,3-4,12H2,1-2H3,(H,20,21). The van der Waals surface area contributed by atoms with Crippen LogP contribution in [-0.4, -0.2) is 30.5 Å². The molecule has 5 nitrogen and oxygen atoms in total. The summed E-state index contributed by atoms with van der Waals surface area (Å²) in [6.07, 6.45) is 0. The molecule has 1 N–H and O–H groups in total. The van der Waals surface area contributed by atoms with E-state index in [2.05, 4.69) is 10.3 Å². The summed E-state index contributed by atoms with van der Waals surface area (Å²) >= 11 is 1.51. The van der Waals surface area contributed by atoms with Gasteiger partial charge in [0, 0.05) is 5.56 Å². The van der Waals surface area contributed by atoms with E-state index in [0.717, 1.165) is 21.7 Å². The molecule has 0 aliphatic rings. The molecule has 1 heterocycles. The number of thiazole rings is 1. The first-order chi connectivity index (χ1) is 12.2. The van der Waals surface area contributed by atoms with Gasteiger partial charge in [0.15, 0.2) is 10.9 Å². The fraction of sp³-hybridized carbons (Fsp3) is 0.263. The Balaban J connectivity index is 1.67. The van der Waals surface area contributed by atoms with Crippen molar-refractivity contribution in [3.63, 3.8) is 0 Å². The van der Waals surface area contributed by atoms with E-state index in [0.29, 0.717) is 23.9 Å². The predicted octanol–water partition coefficient (Wildman–Crippen LogP) is 4.39. The number of hydrogen-bond acceptors (Lipinski definition) is 6. The highest BCUT2D eigenvalue weighted by atomic mass is 32.1. The Hall–Kier alpha value is -2.60. The molecule has 3 aromatic rings. The molecule has 0 saturated carbocycles. The minimum Gasteiger partial charge on any atom is -0.494 e. The molecule has 0 unspecified atom stereocenters. The summed E-state index contributed by atoms with van der Waals surface area (Å²) < 4.78 is 12.0. The number of rotatable bonds is 8. The van der Waals surface area contributed by atoms with Crippen molar-refractivity contribution in [2.45, 2.75) is 13.8 Å². The van der Waals surface area contributed by atoms with Crippen LogP contribution in [0, 0.1) is 0 Å². The zero-order valence-electron chi connectivity index (χ0n) is 14.2. The monoisotopic (exact) mass is 356 g/mol. The van der Waals surface area contributed by atoms with Crippen molar-refractivity contribution in [3.8, 4) is 11.5 Å². The normalized spacial score (nSPS) is 10.6. The van der Waals surface area contributed by atoms with E-state index in [4.69, 9.17) is 9.47 Å². The Labute approximate surface area is 150 Å². The largest absolute Gasteiger partial charge is 0.494 e. The van der Waals surface area contributed by atoms with Gasteiger partial charge in [0.05, 0.1) is 24.5 Å². The second-order valence-electron chi connectivity index (χ2n) is 5.29. The first kappa shape index (κ1) is 17.2. The maximum atomic E-state index is 12.3. The van der Waals surface area contributed by atoms with Crippen LogP contribution in [-0.2, 0) is 0 Å². The average molecular weight is 356 g/mol. The highest BCUT2D eigenvalue weighted by molar-refractivity contribution is 7.22. The second-order valence-corrected chi connectivity index (χ2v) is 6.32. The molecule has 130 valence electrons. The third kappa shape index (κ3) is 4.09. The second kappa shape index (κ2) is 7.98. The van der Waals surface area contributed by atoms with E-state index in [9.17, 15) is 4.79 Å². The number of anilines is 1. The number of aromatic nitrogens is 1. The van der Waals surface area contributed by atoms with Crippen molar-refractivity contribution >= 4 is 32.5 Å². The van der Waals surface area contributed by atoms with Gasteiger partial charge in [0.1, 0.15) is 17.0 Å². The summed E-state index contributed by atoms with van der Waals surface area (Å²) in [6.45, 7) is 5.27. The Morgan fingerprint density at radius 2 is 1.84 bits per heavy atom. The van der Waals surface area contributed by atoms with Gasteiger partial charge >= 0.3 is 0 Å². The van der Waals surface area contributed by atoms with Gasteiger partial charge in [-0.05, 0) is 50.2 Å². The number of hydrogen-bond donors (Lipinski definition) is 1. The summed E-state index contributed by atoms with van der Waals surface area (Å²) in [5.74, 6) is 1.54. The van der Waals surface area contributed by atoms with Gasteiger partial charge in [-0.25, -0.2) is 4.98 Å². The zero-order valence-corrected chi connectivity index (χ0v) is 15.1. The highest BCUT2D eigenvalue weighted by Gasteiger charge is 2.11. The molecule has 3 rings (SSSR count). The number of fused-ring (bicyclic) bond motifs is 1. The van der Waals surface area contributed by atoms with Crippen molar-refractivity contribution in [3.05, 3.63) is 48.0 Å². The third-order valence-corrected chi connectivity index (χ3v) is 4.55. The highest BCUT2D eigenvalue weighted by Crippen LogP contribution is 2.32. The molecule has 6 heteroatoms. The van der Waals surface area contributed by atoms with Crippen LogP contribution in [0.25, 0.3) is 10.2 Å². The molecule has 0 radical (unpaired) electrons. The van der Waals surface area contributed by atoms with Gasteiger partial charge in [-0.3, -0.25) is 4.79 Å². The van der Waals surface area contributed by atoms with E-state index in [1.165, 1.54) is 11.3 Å². The van der Waals surface area contributed by atoms with Gasteiger partial charge in [0.2, 0.25) is 0 Å². The first-order valence-electron chi connectivity index (χ1n) is 8.23. The number of ketones is 1. The van der Waals surface area contributed by atoms with Gasteiger partial charge in [-0.2, -0.15) is 0 Å². The molecular weight excluding hydrogens is 336 g/mol. The van der Waals surface area contributed by atoms with Gasteiger partial charge < -0.3 is 14.8 Å². The molecule has 0 fully saturated rings. The Kier molecular flexibility index (Phi) is 5.50. The molecule has 0 aliphatic heterocycles. The summed E-state index contributed by atoms with van der Waals surface area (Å²) in [5.41, 5.74) is 1.47. The number of para-hydroxylation sites is 1. The van der Waals surface area contributed by atoms with E-state index >= 15 is 0 Å². The summed E-state index contributed by atoms with van der Waals surface area (Å²) in [7, 11) is 0. The molecule has 0 saturated heterocycles. The van der Waals surface area contributed by atoms with E-state index < -0.39 is 0 Å². The number of nitrogens with one attached hydrogen (secondary N) is 1. The number of carbonyl (C=O) groups excluding carboxylic acids is 1. The first-order valence-corrected chi connectivity index (χ1v) is 9.05. The van der Waals surface area contributed by atoms with Crippen LogP contribution in [0.5, 0.6) is 11.5 Å². The van der Waals surface area contributed by atoms with Crippen LogP contribution < -0.4 is 14.8 Å². The molecule has 2 aromatic carbocycles. The van der Waals surface area contributed by atoms with Crippen LogP contribution in [0.15, 0.2) is 42.5 Å².